The van der Waals surface area contributed by atoms with Crippen molar-refractivity contribution in [1.29, 1.82) is 0 Å². The maximum Gasteiger partial charge on any atom is 0.234 e. The predicted molar refractivity (Wildman–Crippen MR) is 132 cm³/mol. The highest BCUT2D eigenvalue weighted by Gasteiger charge is 2.26. The van der Waals surface area contributed by atoms with E-state index in [0.29, 0.717) is 19.1 Å². The number of nitrogens with zero attached hydrogens (tertiary/aromatic N) is 6. The summed E-state index contributed by atoms with van der Waals surface area (Å²) in [4.78, 5) is 21.4. The molecule has 1 saturated heterocycles. The summed E-state index contributed by atoms with van der Waals surface area (Å²) in [6.07, 6.45) is 5.49. The Morgan fingerprint density at radius 1 is 1.23 bits per heavy atom. The molecule has 0 spiro atoms. The minimum atomic E-state index is 0. The molecule has 30 heavy (non-hydrogen) atoms. The van der Waals surface area contributed by atoms with Gasteiger partial charge in [-0.2, -0.15) is 11.8 Å². The second-order valence-corrected chi connectivity index (χ2v) is 8.73. The molecule has 9 nitrogen and oxygen atoms in total. The van der Waals surface area contributed by atoms with Crippen LogP contribution in [0.1, 0.15) is 30.9 Å². The monoisotopic (exact) mass is 550 g/mol. The van der Waals surface area contributed by atoms with Gasteiger partial charge < -0.3 is 20.1 Å². The number of guanidine groups is 1. The molecule has 1 aromatic heterocycles. The van der Waals surface area contributed by atoms with Crippen molar-refractivity contribution in [2.75, 3.05) is 51.3 Å². The number of aliphatic imine (C=N–C) groups is 1. The zero-order chi connectivity index (χ0) is 20.6. The number of carbonyl (C=O) groups excluding carboxylic acids is 1. The lowest BCUT2D eigenvalue weighted by molar-refractivity contribution is -0.122. The third-order valence-corrected chi connectivity index (χ3v) is 6.04. The number of amides is 1. The van der Waals surface area contributed by atoms with Crippen molar-refractivity contribution in [3.8, 4) is 0 Å². The van der Waals surface area contributed by atoms with Crippen LogP contribution in [0.5, 0.6) is 0 Å². The molecule has 0 radical (unpaired) electrons. The Labute approximate surface area is 200 Å². The first-order valence-corrected chi connectivity index (χ1v) is 11.8. The van der Waals surface area contributed by atoms with Gasteiger partial charge in [0, 0.05) is 45.8 Å². The molecule has 2 heterocycles. The van der Waals surface area contributed by atoms with E-state index < -0.39 is 0 Å². The number of nitrogens with one attached hydrogen (secondary N) is 2. The lowest BCUT2D eigenvalue weighted by atomic mass is 10.3. The second-order valence-electron chi connectivity index (χ2n) is 7.74. The fourth-order valence-electron chi connectivity index (χ4n) is 3.24. The van der Waals surface area contributed by atoms with Crippen LogP contribution in [0.2, 0.25) is 0 Å². The van der Waals surface area contributed by atoms with Crippen LogP contribution in [0, 0.1) is 6.92 Å². The molecule has 0 aromatic carbocycles. The maximum atomic E-state index is 12.1. The molecule has 0 atom stereocenters. The number of rotatable bonds is 9. The van der Waals surface area contributed by atoms with E-state index in [9.17, 15) is 4.79 Å². The largest absolute Gasteiger partial charge is 0.356 e. The van der Waals surface area contributed by atoms with Crippen LogP contribution in [-0.4, -0.2) is 93.8 Å². The zero-order valence-corrected chi connectivity index (χ0v) is 21.4. The van der Waals surface area contributed by atoms with Crippen molar-refractivity contribution >= 4 is 47.6 Å². The van der Waals surface area contributed by atoms with Gasteiger partial charge in [-0.15, -0.1) is 34.2 Å². The van der Waals surface area contributed by atoms with Crippen LogP contribution >= 0.6 is 35.7 Å². The minimum Gasteiger partial charge on any atom is -0.356 e. The van der Waals surface area contributed by atoms with Gasteiger partial charge >= 0.3 is 0 Å². The first-order chi connectivity index (χ1) is 14.1. The van der Waals surface area contributed by atoms with Crippen molar-refractivity contribution in [3.05, 3.63) is 11.6 Å². The summed E-state index contributed by atoms with van der Waals surface area (Å²) < 4.78 is 1.98. The number of aromatic nitrogens is 3. The molecule has 2 fully saturated rings. The van der Waals surface area contributed by atoms with Crippen molar-refractivity contribution in [1.82, 2.24) is 35.2 Å². The summed E-state index contributed by atoms with van der Waals surface area (Å²) in [5, 5.41) is 14.9. The molecule has 2 aliphatic rings. The highest BCUT2D eigenvalue weighted by atomic mass is 127. The van der Waals surface area contributed by atoms with Crippen molar-refractivity contribution in [2.45, 2.75) is 38.8 Å². The number of aryl methyl sites for hydroxylation is 1. The summed E-state index contributed by atoms with van der Waals surface area (Å²) in [5.41, 5.74) is 0. The number of carbonyl (C=O) groups is 1. The van der Waals surface area contributed by atoms with Gasteiger partial charge in [-0.3, -0.25) is 9.69 Å². The van der Waals surface area contributed by atoms with Gasteiger partial charge in [0.05, 0.1) is 6.54 Å². The number of thioether (sulfide) groups is 1. The van der Waals surface area contributed by atoms with Gasteiger partial charge in [0.2, 0.25) is 5.91 Å². The Hall–Kier alpha value is -1.08. The van der Waals surface area contributed by atoms with E-state index in [0.717, 1.165) is 75.3 Å². The summed E-state index contributed by atoms with van der Waals surface area (Å²) in [6.45, 7) is 7.31. The smallest absolute Gasteiger partial charge is 0.234 e. The Morgan fingerprint density at radius 3 is 2.57 bits per heavy atom. The molecule has 2 N–H and O–H groups in total. The molecule has 1 aliphatic heterocycles. The normalized spacial score (nSPS) is 17.6. The molecule has 0 unspecified atom stereocenters. The van der Waals surface area contributed by atoms with Gasteiger partial charge in [0.25, 0.3) is 0 Å². The summed E-state index contributed by atoms with van der Waals surface area (Å²) in [6, 6.07) is 0.428. The molecule has 11 heteroatoms. The summed E-state index contributed by atoms with van der Waals surface area (Å²) >= 11 is 1.86. The molecular weight excluding hydrogens is 515 g/mol. The van der Waals surface area contributed by atoms with Crippen LogP contribution in [0.15, 0.2) is 4.99 Å². The van der Waals surface area contributed by atoms with Crippen LogP contribution in [0.25, 0.3) is 0 Å². The van der Waals surface area contributed by atoms with Gasteiger partial charge in [-0.1, -0.05) is 0 Å². The molecule has 170 valence electrons. The molecular formula is C19H35IN8OS. The van der Waals surface area contributed by atoms with E-state index in [1.165, 1.54) is 0 Å². The summed E-state index contributed by atoms with van der Waals surface area (Å²) in [5.74, 6) is 3.97. The Kier molecular flexibility index (Phi) is 10.7. The SMILES string of the molecule is CSCCCNC(=NCc1nnc(C)n1C)N1CCN(CC(=O)NC2CC2)CC1.I. The lowest BCUT2D eigenvalue weighted by Crippen LogP contribution is -2.54. The van der Waals surface area contributed by atoms with Gasteiger partial charge in [0.15, 0.2) is 11.8 Å². The molecule has 1 aromatic rings. The Bertz CT molecular complexity index is 701. The average Bonchev–Trinajstić information content (AvgIpc) is 3.47. The number of hydrogen-bond acceptors (Lipinski definition) is 6. The fourth-order valence-corrected chi connectivity index (χ4v) is 3.67. The van der Waals surface area contributed by atoms with Gasteiger partial charge in [-0.05, 0) is 38.2 Å². The fraction of sp³-hybridized carbons (Fsp3) is 0.789. The minimum absolute atomic E-state index is 0. The number of piperazine rings is 1. The highest BCUT2D eigenvalue weighted by molar-refractivity contribution is 14.0. The highest BCUT2D eigenvalue weighted by Crippen LogP contribution is 2.18. The van der Waals surface area contributed by atoms with E-state index >= 15 is 0 Å². The van der Waals surface area contributed by atoms with Crippen LogP contribution in [0.4, 0.5) is 0 Å². The topological polar surface area (TPSA) is 90.7 Å². The third kappa shape index (κ3) is 7.88. The standard InChI is InChI=1S/C19H34N8OS.HI/c1-15-23-24-17(25(15)2)13-21-19(20-7-4-12-29-3)27-10-8-26(9-11-27)14-18(28)22-16-5-6-16;/h16H,4-14H2,1-3H3,(H,20,21)(H,22,28);1H. The van der Waals surface area contributed by atoms with Gasteiger partial charge in [-0.25, -0.2) is 4.99 Å². The Morgan fingerprint density at radius 2 is 1.97 bits per heavy atom. The average molecular weight is 551 g/mol. The van der Waals surface area contributed by atoms with Crippen molar-refractivity contribution in [3.63, 3.8) is 0 Å². The molecule has 1 amide bonds. The molecule has 1 aliphatic carbocycles. The van der Waals surface area contributed by atoms with E-state index in [-0.39, 0.29) is 29.9 Å². The zero-order valence-electron chi connectivity index (χ0n) is 18.3. The van der Waals surface area contributed by atoms with Crippen molar-refractivity contribution < 1.29 is 4.79 Å². The van der Waals surface area contributed by atoms with Crippen molar-refractivity contribution in [2.24, 2.45) is 12.0 Å². The maximum absolute atomic E-state index is 12.1. The molecule has 3 rings (SSSR count). The number of hydrogen-bond donors (Lipinski definition) is 2. The van der Waals surface area contributed by atoms with Crippen LogP contribution < -0.4 is 10.6 Å². The molecule has 1 saturated carbocycles. The van der Waals surface area contributed by atoms with Crippen LogP contribution in [0.3, 0.4) is 0 Å². The van der Waals surface area contributed by atoms with Crippen LogP contribution in [-0.2, 0) is 18.4 Å². The van der Waals surface area contributed by atoms with E-state index in [4.69, 9.17) is 4.99 Å². The first kappa shape index (κ1) is 25.2. The first-order valence-electron chi connectivity index (χ1n) is 10.5. The lowest BCUT2D eigenvalue weighted by Gasteiger charge is -2.36. The molecule has 0 bridgehead atoms. The summed E-state index contributed by atoms with van der Waals surface area (Å²) in [7, 11) is 1.97. The quantitative estimate of drug-likeness (QED) is 0.204. The Balaban J connectivity index is 0.00000320. The third-order valence-electron chi connectivity index (χ3n) is 5.34. The number of halogens is 1. The van der Waals surface area contributed by atoms with E-state index in [1.54, 1.807) is 0 Å². The van der Waals surface area contributed by atoms with E-state index in [1.807, 2.05) is 30.3 Å². The van der Waals surface area contributed by atoms with Gasteiger partial charge in [0.1, 0.15) is 12.4 Å². The second kappa shape index (κ2) is 12.7. The van der Waals surface area contributed by atoms with E-state index in [2.05, 4.69) is 36.9 Å². The predicted octanol–water partition coefficient (Wildman–Crippen LogP) is 0.836.